The van der Waals surface area contributed by atoms with E-state index in [1.165, 1.54) is 16.7 Å². The van der Waals surface area contributed by atoms with Crippen molar-refractivity contribution < 1.29 is 0 Å². The summed E-state index contributed by atoms with van der Waals surface area (Å²) in [7, 11) is 0. The molecule has 0 saturated heterocycles. The van der Waals surface area contributed by atoms with E-state index in [-0.39, 0.29) is 0 Å². The number of rotatable bonds is 1. The maximum atomic E-state index is 4.63. The van der Waals surface area contributed by atoms with Gasteiger partial charge in [-0.3, -0.25) is 4.98 Å². The molecule has 0 atom stereocenters. The largest absolute Gasteiger partial charge is 0.253 e. The van der Waals surface area contributed by atoms with Gasteiger partial charge in [-0.25, -0.2) is 4.98 Å². The highest BCUT2D eigenvalue weighted by molar-refractivity contribution is 5.80. The fourth-order valence-corrected chi connectivity index (χ4v) is 1.77. The Kier molecular flexibility index (Phi) is 2.43. The predicted molar refractivity (Wildman–Crippen MR) is 63.1 cm³/mol. The van der Waals surface area contributed by atoms with Crippen molar-refractivity contribution in [1.29, 1.82) is 0 Å². The van der Waals surface area contributed by atoms with E-state index in [1.807, 2.05) is 6.20 Å². The monoisotopic (exact) mass is 200 g/mol. The molecule has 0 radical (unpaired) electrons. The lowest BCUT2D eigenvalue weighted by Crippen LogP contribution is -1.96. The number of benzene rings is 1. The Morgan fingerprint density at radius 1 is 1.13 bits per heavy atom. The van der Waals surface area contributed by atoms with Gasteiger partial charge in [-0.15, -0.1) is 0 Å². The molecular weight excluding hydrogens is 184 g/mol. The molecule has 2 heteroatoms. The summed E-state index contributed by atoms with van der Waals surface area (Å²) in [5.41, 5.74) is 7.00. The Balaban J connectivity index is 2.81. The van der Waals surface area contributed by atoms with Crippen molar-refractivity contribution in [3.05, 3.63) is 34.6 Å². The molecule has 2 rings (SSSR count). The van der Waals surface area contributed by atoms with Crippen molar-refractivity contribution in [2.45, 2.75) is 34.1 Å². The minimum Gasteiger partial charge on any atom is -0.253 e. The normalized spacial score (nSPS) is 10.9. The maximum absolute atomic E-state index is 4.63. The van der Waals surface area contributed by atoms with Gasteiger partial charge in [0, 0.05) is 6.20 Å². The van der Waals surface area contributed by atoms with Gasteiger partial charge in [-0.1, -0.05) is 6.92 Å². The van der Waals surface area contributed by atoms with Gasteiger partial charge in [0.05, 0.1) is 16.7 Å². The van der Waals surface area contributed by atoms with E-state index >= 15 is 0 Å². The average Bonchev–Trinajstić information content (AvgIpc) is 2.26. The summed E-state index contributed by atoms with van der Waals surface area (Å²) in [5.74, 6) is 0. The molecule has 0 fully saturated rings. The van der Waals surface area contributed by atoms with E-state index in [2.05, 4.69) is 43.7 Å². The minimum absolute atomic E-state index is 0.940. The zero-order valence-corrected chi connectivity index (χ0v) is 9.76. The Bertz CT molecular complexity index is 515. The van der Waals surface area contributed by atoms with Crippen LogP contribution in [0.15, 0.2) is 12.3 Å². The van der Waals surface area contributed by atoms with Gasteiger partial charge >= 0.3 is 0 Å². The van der Waals surface area contributed by atoms with Crippen LogP contribution in [0.2, 0.25) is 0 Å². The summed E-state index contributed by atoms with van der Waals surface area (Å²) in [6, 6.07) is 2.12. The summed E-state index contributed by atoms with van der Waals surface area (Å²) in [4.78, 5) is 9.08. The molecule has 15 heavy (non-hydrogen) atoms. The third-order valence-electron chi connectivity index (χ3n) is 3.08. The summed E-state index contributed by atoms with van der Waals surface area (Å²) in [5, 5.41) is 0. The van der Waals surface area contributed by atoms with E-state index in [4.69, 9.17) is 0 Å². The van der Waals surface area contributed by atoms with Gasteiger partial charge in [-0.2, -0.15) is 0 Å². The molecule has 0 spiro atoms. The highest BCUT2D eigenvalue weighted by atomic mass is 14.8. The van der Waals surface area contributed by atoms with E-state index in [0.717, 1.165) is 23.1 Å². The molecule has 1 aromatic heterocycles. The Labute approximate surface area is 90.4 Å². The molecule has 0 unspecified atom stereocenters. The van der Waals surface area contributed by atoms with Gasteiger partial charge in [0.2, 0.25) is 0 Å². The lowest BCUT2D eigenvalue weighted by atomic mass is 10.0. The summed E-state index contributed by atoms with van der Waals surface area (Å²) in [6.45, 7) is 8.49. The lowest BCUT2D eigenvalue weighted by molar-refractivity contribution is 1.03. The van der Waals surface area contributed by atoms with Crippen molar-refractivity contribution in [2.75, 3.05) is 0 Å². The second-order valence-electron chi connectivity index (χ2n) is 4.03. The van der Waals surface area contributed by atoms with E-state index in [9.17, 15) is 0 Å². The summed E-state index contributed by atoms with van der Waals surface area (Å²) in [6.07, 6.45) is 2.81. The molecule has 0 amide bonds. The molecule has 0 aliphatic rings. The van der Waals surface area contributed by atoms with E-state index in [0.29, 0.717) is 0 Å². The van der Waals surface area contributed by atoms with Crippen LogP contribution in [-0.2, 0) is 6.42 Å². The van der Waals surface area contributed by atoms with Crippen molar-refractivity contribution >= 4 is 11.0 Å². The number of aromatic nitrogens is 2. The molecule has 0 aliphatic carbocycles. The highest BCUT2D eigenvalue weighted by Gasteiger charge is 2.06. The molecule has 2 nitrogen and oxygen atoms in total. The van der Waals surface area contributed by atoms with Crippen LogP contribution in [0.3, 0.4) is 0 Å². The van der Waals surface area contributed by atoms with Gasteiger partial charge in [0.1, 0.15) is 0 Å². The van der Waals surface area contributed by atoms with Gasteiger partial charge in [0.25, 0.3) is 0 Å². The van der Waals surface area contributed by atoms with Crippen LogP contribution in [0.5, 0.6) is 0 Å². The third kappa shape index (κ3) is 1.60. The van der Waals surface area contributed by atoms with E-state index < -0.39 is 0 Å². The Hall–Kier alpha value is -1.44. The average molecular weight is 200 g/mol. The van der Waals surface area contributed by atoms with Crippen molar-refractivity contribution in [1.82, 2.24) is 9.97 Å². The van der Waals surface area contributed by atoms with Crippen LogP contribution in [0.4, 0.5) is 0 Å². The van der Waals surface area contributed by atoms with Crippen LogP contribution in [0.1, 0.15) is 29.3 Å². The number of aryl methyl sites for hydroxylation is 3. The number of hydrogen-bond acceptors (Lipinski definition) is 2. The Morgan fingerprint density at radius 3 is 2.53 bits per heavy atom. The first kappa shape index (κ1) is 10.1. The van der Waals surface area contributed by atoms with Crippen molar-refractivity contribution in [3.8, 4) is 0 Å². The molecule has 2 aromatic rings. The number of fused-ring (bicyclic) bond motifs is 1. The molecule has 0 saturated carbocycles. The molecule has 1 aromatic carbocycles. The summed E-state index contributed by atoms with van der Waals surface area (Å²) < 4.78 is 0. The van der Waals surface area contributed by atoms with Gasteiger partial charge in [0.15, 0.2) is 0 Å². The smallest absolute Gasteiger partial charge is 0.0922 e. The second kappa shape index (κ2) is 3.61. The van der Waals surface area contributed by atoms with Crippen LogP contribution in [0, 0.1) is 20.8 Å². The molecule has 0 aliphatic heterocycles. The first-order valence-corrected chi connectivity index (χ1v) is 5.36. The zero-order valence-electron chi connectivity index (χ0n) is 9.76. The fraction of sp³-hybridized carbons (Fsp3) is 0.385. The number of hydrogen-bond donors (Lipinski definition) is 0. The lowest BCUT2D eigenvalue weighted by Gasteiger charge is -2.08. The summed E-state index contributed by atoms with van der Waals surface area (Å²) >= 11 is 0. The maximum Gasteiger partial charge on any atom is 0.0922 e. The van der Waals surface area contributed by atoms with Crippen LogP contribution in [0.25, 0.3) is 11.0 Å². The quantitative estimate of drug-likeness (QED) is 0.706. The number of nitrogens with zero attached hydrogens (tertiary/aromatic N) is 2. The van der Waals surface area contributed by atoms with Crippen molar-refractivity contribution in [2.24, 2.45) is 0 Å². The SMILES string of the molecule is CCc1cnc2cc(C)c(C)c(C)c2n1. The van der Waals surface area contributed by atoms with Crippen molar-refractivity contribution in [3.63, 3.8) is 0 Å². The standard InChI is InChI=1S/C13H16N2/c1-5-11-7-14-12-6-8(2)9(3)10(4)13(12)15-11/h6-7H,5H2,1-4H3. The van der Waals surface area contributed by atoms with Gasteiger partial charge in [-0.05, 0) is 49.9 Å². The minimum atomic E-state index is 0.940. The predicted octanol–water partition coefficient (Wildman–Crippen LogP) is 3.12. The molecule has 0 N–H and O–H groups in total. The van der Waals surface area contributed by atoms with Crippen LogP contribution < -0.4 is 0 Å². The van der Waals surface area contributed by atoms with Crippen LogP contribution in [-0.4, -0.2) is 9.97 Å². The Morgan fingerprint density at radius 2 is 1.87 bits per heavy atom. The third-order valence-corrected chi connectivity index (χ3v) is 3.08. The highest BCUT2D eigenvalue weighted by Crippen LogP contribution is 2.21. The second-order valence-corrected chi connectivity index (χ2v) is 4.03. The molecule has 78 valence electrons. The molecular formula is C13H16N2. The van der Waals surface area contributed by atoms with E-state index in [1.54, 1.807) is 0 Å². The molecule has 0 bridgehead atoms. The first-order chi connectivity index (χ1) is 7.13. The van der Waals surface area contributed by atoms with Crippen LogP contribution >= 0.6 is 0 Å². The fourth-order valence-electron chi connectivity index (χ4n) is 1.77. The molecule has 1 heterocycles. The first-order valence-electron chi connectivity index (χ1n) is 5.36. The van der Waals surface area contributed by atoms with Gasteiger partial charge < -0.3 is 0 Å². The topological polar surface area (TPSA) is 25.8 Å². The zero-order chi connectivity index (χ0) is 11.0.